The maximum atomic E-state index is 12.9. The van der Waals surface area contributed by atoms with Crippen molar-refractivity contribution in [3.8, 4) is 5.75 Å². The van der Waals surface area contributed by atoms with Crippen molar-refractivity contribution < 1.29 is 13.2 Å². The van der Waals surface area contributed by atoms with Gasteiger partial charge in [-0.1, -0.05) is 6.08 Å². The van der Waals surface area contributed by atoms with Crippen LogP contribution in [0.2, 0.25) is 0 Å². The Bertz CT molecular complexity index is 648. The van der Waals surface area contributed by atoms with E-state index in [1.165, 1.54) is 7.11 Å². The lowest BCUT2D eigenvalue weighted by molar-refractivity contribution is 0.204. The van der Waals surface area contributed by atoms with E-state index in [4.69, 9.17) is 4.74 Å². The average Bonchev–Trinajstić information content (AvgIpc) is 2.50. The van der Waals surface area contributed by atoms with Crippen LogP contribution < -0.4 is 4.74 Å². The summed E-state index contributed by atoms with van der Waals surface area (Å²) >= 11 is 0. The highest BCUT2D eigenvalue weighted by molar-refractivity contribution is 7.89. The van der Waals surface area contributed by atoms with Gasteiger partial charge in [-0.05, 0) is 37.1 Å². The van der Waals surface area contributed by atoms with Gasteiger partial charge in [-0.25, -0.2) is 8.42 Å². The molecule has 5 nitrogen and oxygen atoms in total. The molecule has 0 aliphatic carbocycles. The van der Waals surface area contributed by atoms with Gasteiger partial charge in [0, 0.05) is 32.7 Å². The van der Waals surface area contributed by atoms with Gasteiger partial charge in [0.15, 0.2) is 0 Å². The second kappa shape index (κ2) is 6.81. The quantitative estimate of drug-likeness (QED) is 0.775. The number of rotatable bonds is 5. The topological polar surface area (TPSA) is 49.9 Å². The van der Waals surface area contributed by atoms with Crippen LogP contribution in [0, 0.1) is 13.8 Å². The molecule has 0 N–H and O–H groups in total. The van der Waals surface area contributed by atoms with Crippen molar-refractivity contribution in [2.45, 2.75) is 18.7 Å². The van der Waals surface area contributed by atoms with Crippen LogP contribution in [0.4, 0.5) is 0 Å². The normalized spacial score (nSPS) is 17.4. The summed E-state index contributed by atoms with van der Waals surface area (Å²) in [6.07, 6.45) is 1.84. The first kappa shape index (κ1) is 17.0. The molecule has 0 atom stereocenters. The fourth-order valence-electron chi connectivity index (χ4n) is 2.60. The number of methoxy groups -OCH3 is 1. The number of aryl methyl sites for hydroxylation is 2. The van der Waals surface area contributed by atoms with Gasteiger partial charge < -0.3 is 4.74 Å². The molecular formula is C16H24N2O3S. The predicted octanol–water partition coefficient (Wildman–Crippen LogP) is 1.80. The summed E-state index contributed by atoms with van der Waals surface area (Å²) < 4.78 is 32.6. The van der Waals surface area contributed by atoms with Gasteiger partial charge in [0.1, 0.15) is 10.6 Å². The van der Waals surface area contributed by atoms with Gasteiger partial charge in [-0.3, -0.25) is 4.90 Å². The summed E-state index contributed by atoms with van der Waals surface area (Å²) in [6.45, 7) is 10.8. The lowest BCUT2D eigenvalue weighted by Gasteiger charge is -2.33. The molecule has 2 rings (SSSR count). The molecular weight excluding hydrogens is 300 g/mol. The molecule has 1 aliphatic heterocycles. The van der Waals surface area contributed by atoms with Crippen molar-refractivity contribution in [2.75, 3.05) is 39.8 Å². The molecule has 0 bridgehead atoms. The van der Waals surface area contributed by atoms with Gasteiger partial charge in [0.05, 0.1) is 7.11 Å². The number of hydrogen-bond acceptors (Lipinski definition) is 4. The molecule has 0 unspecified atom stereocenters. The van der Waals surface area contributed by atoms with Crippen molar-refractivity contribution in [1.82, 2.24) is 9.21 Å². The first-order valence-electron chi connectivity index (χ1n) is 7.38. The van der Waals surface area contributed by atoms with Crippen LogP contribution >= 0.6 is 0 Å². The Morgan fingerprint density at radius 1 is 1.18 bits per heavy atom. The van der Waals surface area contributed by atoms with E-state index in [0.717, 1.165) is 30.8 Å². The maximum absolute atomic E-state index is 12.9. The largest absolute Gasteiger partial charge is 0.495 e. The smallest absolute Gasteiger partial charge is 0.246 e. The fraction of sp³-hybridized carbons (Fsp3) is 0.500. The average molecular weight is 324 g/mol. The molecule has 0 radical (unpaired) electrons. The Morgan fingerprint density at radius 3 is 2.32 bits per heavy atom. The van der Waals surface area contributed by atoms with E-state index in [9.17, 15) is 8.42 Å². The van der Waals surface area contributed by atoms with E-state index >= 15 is 0 Å². The Kier molecular flexibility index (Phi) is 5.26. The SMILES string of the molecule is C=CCN1CCN(S(=O)(=O)c2cc(C)c(C)cc2OC)CC1. The Hall–Kier alpha value is -1.37. The number of ether oxygens (including phenoxy) is 1. The third-order valence-corrected chi connectivity index (χ3v) is 6.04. The molecule has 0 spiro atoms. The summed E-state index contributed by atoms with van der Waals surface area (Å²) in [4.78, 5) is 2.45. The third-order valence-electron chi connectivity index (χ3n) is 4.12. The number of sulfonamides is 1. The zero-order chi connectivity index (χ0) is 16.3. The Balaban J connectivity index is 2.28. The summed E-state index contributed by atoms with van der Waals surface area (Å²) in [7, 11) is -2.02. The summed E-state index contributed by atoms with van der Waals surface area (Å²) in [5.41, 5.74) is 1.97. The van der Waals surface area contributed by atoms with Crippen LogP contribution in [0.3, 0.4) is 0 Å². The zero-order valence-electron chi connectivity index (χ0n) is 13.5. The summed E-state index contributed by atoms with van der Waals surface area (Å²) in [6, 6.07) is 3.50. The molecule has 1 heterocycles. The number of hydrogen-bond donors (Lipinski definition) is 0. The Labute approximate surface area is 133 Å². The molecule has 1 aromatic rings. The summed E-state index contributed by atoms with van der Waals surface area (Å²) in [5.74, 6) is 0.414. The molecule has 122 valence electrons. The highest BCUT2D eigenvalue weighted by Crippen LogP contribution is 2.30. The zero-order valence-corrected chi connectivity index (χ0v) is 14.3. The van der Waals surface area contributed by atoms with E-state index in [2.05, 4.69) is 11.5 Å². The molecule has 0 aromatic heterocycles. The van der Waals surface area contributed by atoms with Crippen LogP contribution in [-0.2, 0) is 10.0 Å². The minimum absolute atomic E-state index is 0.260. The van der Waals surface area contributed by atoms with Gasteiger partial charge in [0.2, 0.25) is 10.0 Å². The second-order valence-corrected chi connectivity index (χ2v) is 7.49. The van der Waals surface area contributed by atoms with E-state index < -0.39 is 10.0 Å². The number of piperazine rings is 1. The van der Waals surface area contributed by atoms with Gasteiger partial charge in [-0.15, -0.1) is 6.58 Å². The minimum atomic E-state index is -3.53. The number of nitrogens with zero attached hydrogens (tertiary/aromatic N) is 2. The van der Waals surface area contributed by atoms with E-state index in [1.54, 1.807) is 16.4 Å². The van der Waals surface area contributed by atoms with Crippen LogP contribution in [0.25, 0.3) is 0 Å². The molecule has 1 fully saturated rings. The lowest BCUT2D eigenvalue weighted by Crippen LogP contribution is -2.48. The first-order valence-corrected chi connectivity index (χ1v) is 8.82. The van der Waals surface area contributed by atoms with Crippen LogP contribution in [0.15, 0.2) is 29.7 Å². The number of benzene rings is 1. The molecule has 0 amide bonds. The molecule has 22 heavy (non-hydrogen) atoms. The van der Waals surface area contributed by atoms with Crippen molar-refractivity contribution in [2.24, 2.45) is 0 Å². The van der Waals surface area contributed by atoms with E-state index in [1.807, 2.05) is 19.9 Å². The first-order chi connectivity index (χ1) is 10.4. The summed E-state index contributed by atoms with van der Waals surface area (Å²) in [5, 5.41) is 0. The highest BCUT2D eigenvalue weighted by atomic mass is 32.2. The highest BCUT2D eigenvalue weighted by Gasteiger charge is 2.30. The van der Waals surface area contributed by atoms with E-state index in [-0.39, 0.29) is 4.90 Å². The van der Waals surface area contributed by atoms with Crippen LogP contribution in [0.5, 0.6) is 5.75 Å². The third kappa shape index (κ3) is 3.34. The van der Waals surface area contributed by atoms with E-state index in [0.29, 0.717) is 18.8 Å². The molecule has 0 saturated carbocycles. The monoisotopic (exact) mass is 324 g/mol. The van der Waals surface area contributed by atoms with Gasteiger partial charge >= 0.3 is 0 Å². The standard InChI is InChI=1S/C16H24N2O3S/c1-5-6-17-7-9-18(10-8-17)22(19,20)16-12-14(3)13(2)11-15(16)21-4/h5,11-12H,1,6-10H2,2-4H3. The maximum Gasteiger partial charge on any atom is 0.246 e. The molecule has 1 aromatic carbocycles. The van der Waals surface area contributed by atoms with Crippen LogP contribution in [-0.4, -0.2) is 57.5 Å². The van der Waals surface area contributed by atoms with Crippen molar-refractivity contribution in [3.63, 3.8) is 0 Å². The Morgan fingerprint density at radius 2 is 1.77 bits per heavy atom. The minimum Gasteiger partial charge on any atom is -0.495 e. The molecule has 1 aliphatic rings. The fourth-order valence-corrected chi connectivity index (χ4v) is 4.24. The second-order valence-electron chi connectivity index (χ2n) is 5.58. The lowest BCUT2D eigenvalue weighted by atomic mass is 10.1. The predicted molar refractivity (Wildman–Crippen MR) is 87.9 cm³/mol. The van der Waals surface area contributed by atoms with Gasteiger partial charge in [-0.2, -0.15) is 4.31 Å². The van der Waals surface area contributed by atoms with Crippen molar-refractivity contribution in [1.29, 1.82) is 0 Å². The molecule has 1 saturated heterocycles. The van der Waals surface area contributed by atoms with Crippen molar-refractivity contribution >= 4 is 10.0 Å². The van der Waals surface area contributed by atoms with Gasteiger partial charge in [0.25, 0.3) is 0 Å². The molecule has 6 heteroatoms. The van der Waals surface area contributed by atoms with Crippen molar-refractivity contribution in [3.05, 3.63) is 35.9 Å². The van der Waals surface area contributed by atoms with Crippen LogP contribution in [0.1, 0.15) is 11.1 Å².